The summed E-state index contributed by atoms with van der Waals surface area (Å²) in [6.45, 7) is 2.38. The van der Waals surface area contributed by atoms with Gasteiger partial charge < -0.3 is 20.7 Å². The van der Waals surface area contributed by atoms with Crippen molar-refractivity contribution in [2.24, 2.45) is 5.41 Å². The Hall–Kier alpha value is -5.01. The fraction of sp³-hybridized carbons (Fsp3) is 0.355. The zero-order valence-corrected chi connectivity index (χ0v) is 24.1. The number of benzene rings is 1. The molecule has 232 valence electrons. The van der Waals surface area contributed by atoms with Crippen molar-refractivity contribution < 1.29 is 32.3 Å². The van der Waals surface area contributed by atoms with Crippen molar-refractivity contribution >= 4 is 34.8 Å². The first-order chi connectivity index (χ1) is 21.5. The molecule has 2 saturated heterocycles. The minimum absolute atomic E-state index is 0.0439. The number of carbonyl (C=O) groups excluding carboxylic acids is 3. The maximum Gasteiger partial charge on any atom is 0.416 e. The van der Waals surface area contributed by atoms with E-state index in [4.69, 9.17) is 15.5 Å². The lowest BCUT2D eigenvalue weighted by molar-refractivity contribution is -0.137. The Morgan fingerprint density at radius 3 is 2.67 bits per heavy atom. The molecule has 2 amide bonds. The molecular formula is C31H28F3N7O4. The summed E-state index contributed by atoms with van der Waals surface area (Å²) in [6, 6.07) is 5.81. The number of amides is 2. The molecule has 3 N–H and O–H groups in total. The van der Waals surface area contributed by atoms with Gasteiger partial charge in [-0.2, -0.15) is 13.2 Å². The summed E-state index contributed by atoms with van der Waals surface area (Å²) in [7, 11) is 0. The number of rotatable bonds is 6. The lowest BCUT2D eigenvalue weighted by Gasteiger charge is -2.33. The second-order valence-corrected chi connectivity index (χ2v) is 11.6. The quantitative estimate of drug-likeness (QED) is 0.301. The summed E-state index contributed by atoms with van der Waals surface area (Å²) in [4.78, 5) is 54.0. The molecule has 2 atom stereocenters. The number of nitrogens with two attached hydrogens (primary N) is 1. The van der Waals surface area contributed by atoms with E-state index in [9.17, 15) is 27.6 Å². The predicted molar refractivity (Wildman–Crippen MR) is 155 cm³/mol. The number of pyridine rings is 1. The molecular weight excluding hydrogens is 591 g/mol. The van der Waals surface area contributed by atoms with Crippen LogP contribution in [0.4, 0.5) is 24.8 Å². The van der Waals surface area contributed by atoms with Gasteiger partial charge in [-0.3, -0.25) is 18.8 Å². The molecule has 1 aliphatic carbocycles. The first-order valence-corrected chi connectivity index (χ1v) is 14.6. The van der Waals surface area contributed by atoms with E-state index in [0.29, 0.717) is 60.6 Å². The Labute approximate surface area is 254 Å². The van der Waals surface area contributed by atoms with E-state index < -0.39 is 23.1 Å². The minimum Gasteiger partial charge on any atom is -0.493 e. The summed E-state index contributed by atoms with van der Waals surface area (Å²) in [6.07, 6.45) is 2.13. The van der Waals surface area contributed by atoms with Crippen LogP contribution in [0.1, 0.15) is 60.3 Å². The minimum atomic E-state index is -4.59. The van der Waals surface area contributed by atoms with Gasteiger partial charge in [-0.1, -0.05) is 0 Å². The van der Waals surface area contributed by atoms with Gasteiger partial charge in [0.25, 0.3) is 5.91 Å². The largest absolute Gasteiger partial charge is 0.493 e. The van der Waals surface area contributed by atoms with Crippen LogP contribution >= 0.6 is 0 Å². The number of anilines is 2. The van der Waals surface area contributed by atoms with E-state index in [1.54, 1.807) is 30.3 Å². The number of Topliss-reactive ketones (excluding diaryl/α,β-unsaturated/α-hetero) is 1. The standard InChI is InChI=1S/C31H28F3N7O4/c1-2-45-21-13-16(28(43)38-22-14-18(7-10-36-22)31(32,33)34)3-5-19(21)23-24-26(35)37-11-12-40(24)27(39-23)17-4-6-20-25(42)30(8-9-30)29(44)41(20)15-17/h3,5,7,10-14,17,20H,2,4,6,8-9,15H2,1H3,(H2,35,37)(H,36,38,43)/t17-,20+/m1/s1. The van der Waals surface area contributed by atoms with Crippen LogP contribution in [-0.4, -0.2) is 61.0 Å². The van der Waals surface area contributed by atoms with Crippen molar-refractivity contribution in [3.05, 3.63) is 65.9 Å². The number of nitrogen functional groups attached to an aromatic ring is 1. The number of nitrogens with zero attached hydrogens (tertiary/aromatic N) is 5. The van der Waals surface area contributed by atoms with Gasteiger partial charge in [0.2, 0.25) is 5.91 Å². The summed E-state index contributed by atoms with van der Waals surface area (Å²) in [5.74, 6) is 0.0299. The molecule has 45 heavy (non-hydrogen) atoms. The van der Waals surface area contributed by atoms with Gasteiger partial charge in [-0.05, 0) is 62.9 Å². The van der Waals surface area contributed by atoms with Crippen molar-refractivity contribution in [2.75, 3.05) is 24.2 Å². The molecule has 5 heterocycles. The highest BCUT2D eigenvalue weighted by molar-refractivity contribution is 6.17. The fourth-order valence-corrected chi connectivity index (χ4v) is 6.52. The number of piperidine rings is 1. The number of imidazole rings is 1. The van der Waals surface area contributed by atoms with E-state index >= 15 is 0 Å². The van der Waals surface area contributed by atoms with Crippen molar-refractivity contribution in [3.63, 3.8) is 0 Å². The maximum atomic E-state index is 13.2. The summed E-state index contributed by atoms with van der Waals surface area (Å²) in [5, 5.41) is 2.41. The number of hydrogen-bond donors (Lipinski definition) is 2. The smallest absolute Gasteiger partial charge is 0.416 e. The van der Waals surface area contributed by atoms with Gasteiger partial charge in [-0.25, -0.2) is 15.0 Å². The summed E-state index contributed by atoms with van der Waals surface area (Å²) in [5.41, 5.74) is 6.23. The normalized spacial score (nSPS) is 20.5. The molecule has 2 aliphatic heterocycles. The highest BCUT2D eigenvalue weighted by Crippen LogP contribution is 2.55. The average Bonchev–Trinajstić information content (AvgIpc) is 3.70. The van der Waals surface area contributed by atoms with Gasteiger partial charge in [0, 0.05) is 42.2 Å². The average molecular weight is 620 g/mol. The topological polar surface area (TPSA) is 145 Å². The van der Waals surface area contributed by atoms with E-state index in [1.165, 1.54) is 12.1 Å². The van der Waals surface area contributed by atoms with E-state index in [0.717, 1.165) is 18.3 Å². The first-order valence-electron chi connectivity index (χ1n) is 14.6. The first kappa shape index (κ1) is 28.7. The molecule has 4 aromatic rings. The molecule has 7 rings (SSSR count). The van der Waals surface area contributed by atoms with Gasteiger partial charge in [-0.15, -0.1) is 0 Å². The van der Waals surface area contributed by atoms with Gasteiger partial charge in [0.15, 0.2) is 5.78 Å². The number of alkyl halides is 3. The monoisotopic (exact) mass is 619 g/mol. The van der Waals surface area contributed by atoms with Crippen molar-refractivity contribution in [2.45, 2.75) is 50.7 Å². The van der Waals surface area contributed by atoms with Crippen molar-refractivity contribution in [1.82, 2.24) is 24.3 Å². The Balaban J connectivity index is 1.23. The fourth-order valence-electron chi connectivity index (χ4n) is 6.52. The highest BCUT2D eigenvalue weighted by Gasteiger charge is 2.66. The Morgan fingerprint density at radius 1 is 1.13 bits per heavy atom. The highest BCUT2D eigenvalue weighted by atomic mass is 19.4. The number of ketones is 1. The van der Waals surface area contributed by atoms with Crippen LogP contribution in [-0.2, 0) is 15.8 Å². The molecule has 1 saturated carbocycles. The van der Waals surface area contributed by atoms with Crippen LogP contribution in [0.3, 0.4) is 0 Å². The molecule has 3 aliphatic rings. The van der Waals surface area contributed by atoms with Crippen molar-refractivity contribution in [1.29, 1.82) is 0 Å². The number of ether oxygens (including phenoxy) is 1. The third-order valence-corrected chi connectivity index (χ3v) is 8.88. The van der Waals surface area contributed by atoms with Gasteiger partial charge in [0.1, 0.15) is 39.8 Å². The predicted octanol–water partition coefficient (Wildman–Crippen LogP) is 4.48. The van der Waals surface area contributed by atoms with E-state index in [1.807, 2.05) is 4.40 Å². The molecule has 14 heteroatoms. The molecule has 11 nitrogen and oxygen atoms in total. The van der Waals surface area contributed by atoms with Crippen LogP contribution in [0, 0.1) is 5.41 Å². The number of halogens is 3. The number of carbonyl (C=O) groups is 3. The van der Waals surface area contributed by atoms with Gasteiger partial charge in [0.05, 0.1) is 18.2 Å². The zero-order valence-electron chi connectivity index (χ0n) is 24.1. The number of aromatic nitrogens is 4. The molecule has 3 aromatic heterocycles. The molecule has 3 fully saturated rings. The van der Waals surface area contributed by atoms with Crippen LogP contribution in [0.15, 0.2) is 48.9 Å². The van der Waals surface area contributed by atoms with Crippen LogP contribution in [0.25, 0.3) is 16.8 Å². The van der Waals surface area contributed by atoms with Gasteiger partial charge >= 0.3 is 6.18 Å². The van der Waals surface area contributed by atoms with Crippen molar-refractivity contribution in [3.8, 4) is 17.0 Å². The molecule has 1 spiro atoms. The summed E-state index contributed by atoms with van der Waals surface area (Å²) < 4.78 is 47.2. The third-order valence-electron chi connectivity index (χ3n) is 8.88. The SMILES string of the molecule is CCOc1cc(C(=O)Nc2cc(C(F)(F)F)ccn2)ccc1-c1nc([C@@H]2CC[C@H]3C(=O)C4(CC4)C(=O)N3C2)n2ccnc(N)c12. The number of hydrogen-bond acceptors (Lipinski definition) is 8. The second kappa shape index (κ2) is 10.3. The van der Waals surface area contributed by atoms with Crippen LogP contribution in [0.5, 0.6) is 5.75 Å². The molecule has 0 radical (unpaired) electrons. The molecule has 0 bridgehead atoms. The number of fused-ring (bicyclic) bond motifs is 2. The second-order valence-electron chi connectivity index (χ2n) is 11.6. The van der Waals surface area contributed by atoms with E-state index in [-0.39, 0.29) is 47.5 Å². The Morgan fingerprint density at radius 2 is 1.93 bits per heavy atom. The lowest BCUT2D eigenvalue weighted by atomic mass is 9.90. The number of nitrogens with one attached hydrogen (secondary N) is 1. The van der Waals surface area contributed by atoms with Crippen LogP contribution in [0.2, 0.25) is 0 Å². The Kier molecular flexibility index (Phi) is 6.57. The maximum absolute atomic E-state index is 13.2. The molecule has 0 unspecified atom stereocenters. The van der Waals surface area contributed by atoms with E-state index in [2.05, 4.69) is 15.3 Å². The summed E-state index contributed by atoms with van der Waals surface area (Å²) >= 11 is 0. The third kappa shape index (κ3) is 4.66. The zero-order chi connectivity index (χ0) is 31.7. The Bertz CT molecular complexity index is 1880. The van der Waals surface area contributed by atoms with Crippen LogP contribution < -0.4 is 15.8 Å². The lowest BCUT2D eigenvalue weighted by Crippen LogP contribution is -2.43. The molecule has 1 aromatic carbocycles.